The molecule has 8 heteroatoms. The molecule has 0 saturated carbocycles. The third kappa shape index (κ3) is 3.29. The summed E-state index contributed by atoms with van der Waals surface area (Å²) in [6.45, 7) is 4.18. The SMILES string of the molecule is O=C1CCC(N2C(=O)c3ccc(N4CC(CC5CCNCC5)C4)cc3C2=O)C(=O)N1. The van der Waals surface area contributed by atoms with E-state index in [4.69, 9.17) is 0 Å². The highest BCUT2D eigenvalue weighted by Crippen LogP contribution is 2.35. The summed E-state index contributed by atoms with van der Waals surface area (Å²) in [6.07, 6.45) is 4.06. The monoisotopic (exact) mass is 410 g/mol. The fourth-order valence-corrected chi connectivity index (χ4v) is 5.17. The van der Waals surface area contributed by atoms with E-state index in [1.807, 2.05) is 6.07 Å². The first kappa shape index (κ1) is 19.2. The van der Waals surface area contributed by atoms with E-state index < -0.39 is 23.8 Å². The number of piperidine rings is 2. The van der Waals surface area contributed by atoms with Crippen LogP contribution in [0.2, 0.25) is 0 Å². The van der Waals surface area contributed by atoms with E-state index in [1.165, 1.54) is 19.3 Å². The topological polar surface area (TPSA) is 98.8 Å². The molecule has 30 heavy (non-hydrogen) atoms. The van der Waals surface area contributed by atoms with Crippen molar-refractivity contribution in [3.05, 3.63) is 29.3 Å². The predicted octanol–water partition coefficient (Wildman–Crippen LogP) is 0.914. The summed E-state index contributed by atoms with van der Waals surface area (Å²) in [5.74, 6) is -0.364. The minimum absolute atomic E-state index is 0.126. The molecular weight excluding hydrogens is 384 g/mol. The molecule has 1 aromatic rings. The molecule has 0 bridgehead atoms. The summed E-state index contributed by atoms with van der Waals surface area (Å²) in [5, 5.41) is 5.63. The smallest absolute Gasteiger partial charge is 0.262 e. The highest BCUT2D eigenvalue weighted by atomic mass is 16.2. The Kier molecular flexibility index (Phi) is 4.81. The molecule has 1 aromatic carbocycles. The Bertz CT molecular complexity index is 918. The highest BCUT2D eigenvalue weighted by Gasteiger charge is 2.45. The van der Waals surface area contributed by atoms with Gasteiger partial charge in [0.1, 0.15) is 6.04 Å². The van der Waals surface area contributed by atoms with Crippen LogP contribution < -0.4 is 15.5 Å². The zero-order chi connectivity index (χ0) is 20.8. The van der Waals surface area contributed by atoms with Crippen molar-refractivity contribution in [2.24, 2.45) is 11.8 Å². The first-order chi connectivity index (χ1) is 14.5. The molecule has 158 valence electrons. The Morgan fingerprint density at radius 1 is 0.900 bits per heavy atom. The zero-order valence-corrected chi connectivity index (χ0v) is 16.9. The van der Waals surface area contributed by atoms with Crippen LogP contribution in [0.1, 0.15) is 52.8 Å². The average Bonchev–Trinajstić information content (AvgIpc) is 2.95. The summed E-state index contributed by atoms with van der Waals surface area (Å²) in [4.78, 5) is 52.6. The maximum Gasteiger partial charge on any atom is 0.262 e. The lowest BCUT2D eigenvalue weighted by Crippen LogP contribution is -2.54. The second kappa shape index (κ2) is 7.50. The Morgan fingerprint density at radius 2 is 1.63 bits per heavy atom. The van der Waals surface area contributed by atoms with E-state index in [9.17, 15) is 19.2 Å². The van der Waals surface area contributed by atoms with Crippen LogP contribution in [-0.4, -0.2) is 60.7 Å². The minimum Gasteiger partial charge on any atom is -0.371 e. The number of carbonyl (C=O) groups is 4. The highest BCUT2D eigenvalue weighted by molar-refractivity contribution is 6.23. The van der Waals surface area contributed by atoms with Gasteiger partial charge in [0.2, 0.25) is 11.8 Å². The van der Waals surface area contributed by atoms with Gasteiger partial charge in [0, 0.05) is 25.2 Å². The number of anilines is 1. The lowest BCUT2D eigenvalue weighted by Gasteiger charge is -2.43. The zero-order valence-electron chi connectivity index (χ0n) is 16.9. The Hall–Kier alpha value is -2.74. The minimum atomic E-state index is -0.920. The van der Waals surface area contributed by atoms with Crippen molar-refractivity contribution in [3.63, 3.8) is 0 Å². The van der Waals surface area contributed by atoms with Crippen LogP contribution in [0.25, 0.3) is 0 Å². The van der Waals surface area contributed by atoms with Crippen LogP contribution in [0.3, 0.4) is 0 Å². The van der Waals surface area contributed by atoms with E-state index in [0.717, 1.165) is 42.7 Å². The molecule has 2 N–H and O–H groups in total. The number of benzene rings is 1. The summed E-state index contributed by atoms with van der Waals surface area (Å²) in [6, 6.07) is 4.44. The fraction of sp³-hybridized carbons (Fsp3) is 0.545. The Morgan fingerprint density at radius 3 is 2.37 bits per heavy atom. The fourth-order valence-electron chi connectivity index (χ4n) is 5.17. The van der Waals surface area contributed by atoms with Gasteiger partial charge in [-0.2, -0.15) is 0 Å². The van der Waals surface area contributed by atoms with Crippen LogP contribution in [-0.2, 0) is 9.59 Å². The molecule has 0 aromatic heterocycles. The summed E-state index contributed by atoms with van der Waals surface area (Å²) in [7, 11) is 0. The van der Waals surface area contributed by atoms with Gasteiger partial charge in [0.25, 0.3) is 11.8 Å². The van der Waals surface area contributed by atoms with Gasteiger partial charge >= 0.3 is 0 Å². The number of hydrogen-bond donors (Lipinski definition) is 2. The predicted molar refractivity (Wildman–Crippen MR) is 109 cm³/mol. The van der Waals surface area contributed by atoms with Crippen LogP contribution in [0.4, 0.5) is 5.69 Å². The molecule has 0 spiro atoms. The molecule has 4 amide bonds. The molecule has 0 aliphatic carbocycles. The number of hydrogen-bond acceptors (Lipinski definition) is 6. The third-order valence-electron chi connectivity index (χ3n) is 6.87. The maximum absolute atomic E-state index is 13.0. The molecular formula is C22H26N4O4. The van der Waals surface area contributed by atoms with Gasteiger partial charge < -0.3 is 10.2 Å². The first-order valence-corrected chi connectivity index (χ1v) is 10.8. The van der Waals surface area contributed by atoms with Crippen molar-refractivity contribution in [2.75, 3.05) is 31.1 Å². The van der Waals surface area contributed by atoms with Gasteiger partial charge in [0.05, 0.1) is 11.1 Å². The largest absolute Gasteiger partial charge is 0.371 e. The third-order valence-corrected chi connectivity index (χ3v) is 6.87. The number of carbonyl (C=O) groups excluding carboxylic acids is 4. The molecule has 8 nitrogen and oxygen atoms in total. The molecule has 4 heterocycles. The molecule has 1 atom stereocenters. The molecule has 0 radical (unpaired) electrons. The second-order valence-corrected chi connectivity index (χ2v) is 8.88. The lowest BCUT2D eigenvalue weighted by molar-refractivity contribution is -0.136. The molecule has 5 rings (SSSR count). The summed E-state index contributed by atoms with van der Waals surface area (Å²) >= 11 is 0. The van der Waals surface area contributed by atoms with E-state index >= 15 is 0 Å². The normalized spacial score (nSPS) is 25.4. The van der Waals surface area contributed by atoms with E-state index in [1.54, 1.807) is 12.1 Å². The molecule has 4 aliphatic rings. The van der Waals surface area contributed by atoms with Crippen LogP contribution in [0.5, 0.6) is 0 Å². The van der Waals surface area contributed by atoms with Crippen molar-refractivity contribution in [2.45, 2.75) is 38.1 Å². The quantitative estimate of drug-likeness (QED) is 0.716. The average molecular weight is 410 g/mol. The molecule has 3 fully saturated rings. The standard InChI is InChI=1S/C22H26N4O4/c27-19-4-3-18(20(28)24-19)26-21(29)16-2-1-15(10-17(16)22(26)30)25-11-14(12-25)9-13-5-7-23-8-6-13/h1-2,10,13-14,18,23H,3-9,11-12H2,(H,24,27,28). The molecule has 4 aliphatic heterocycles. The van der Waals surface area contributed by atoms with Crippen molar-refractivity contribution >= 4 is 29.3 Å². The van der Waals surface area contributed by atoms with E-state index in [0.29, 0.717) is 17.0 Å². The summed E-state index contributed by atoms with van der Waals surface area (Å²) < 4.78 is 0. The van der Waals surface area contributed by atoms with Gasteiger partial charge in [0.15, 0.2) is 0 Å². The van der Waals surface area contributed by atoms with E-state index in [-0.39, 0.29) is 18.7 Å². The number of nitrogens with zero attached hydrogens (tertiary/aromatic N) is 2. The Balaban J connectivity index is 1.26. The summed E-state index contributed by atoms with van der Waals surface area (Å²) in [5.41, 5.74) is 1.63. The van der Waals surface area contributed by atoms with Gasteiger partial charge in [-0.05, 0) is 68.8 Å². The van der Waals surface area contributed by atoms with Crippen LogP contribution in [0.15, 0.2) is 18.2 Å². The van der Waals surface area contributed by atoms with Gasteiger partial charge in [-0.25, -0.2) is 0 Å². The van der Waals surface area contributed by atoms with Gasteiger partial charge in [-0.15, -0.1) is 0 Å². The van der Waals surface area contributed by atoms with Crippen molar-refractivity contribution < 1.29 is 19.2 Å². The number of nitrogens with one attached hydrogen (secondary N) is 2. The number of rotatable bonds is 4. The van der Waals surface area contributed by atoms with Gasteiger partial charge in [-0.3, -0.25) is 29.4 Å². The second-order valence-electron chi connectivity index (χ2n) is 8.88. The number of imide groups is 2. The van der Waals surface area contributed by atoms with E-state index in [2.05, 4.69) is 15.5 Å². The number of fused-ring (bicyclic) bond motifs is 1. The molecule has 3 saturated heterocycles. The Labute approximate surface area is 175 Å². The van der Waals surface area contributed by atoms with Crippen molar-refractivity contribution in [3.8, 4) is 0 Å². The first-order valence-electron chi connectivity index (χ1n) is 10.8. The van der Waals surface area contributed by atoms with Crippen molar-refractivity contribution in [1.29, 1.82) is 0 Å². The van der Waals surface area contributed by atoms with Crippen LogP contribution >= 0.6 is 0 Å². The molecule has 1 unspecified atom stereocenters. The van der Waals surface area contributed by atoms with Crippen LogP contribution in [0, 0.1) is 11.8 Å². The lowest BCUT2D eigenvalue weighted by atomic mass is 9.84. The van der Waals surface area contributed by atoms with Crippen molar-refractivity contribution in [1.82, 2.24) is 15.5 Å². The maximum atomic E-state index is 13.0. The number of amides is 4. The van der Waals surface area contributed by atoms with Gasteiger partial charge in [-0.1, -0.05) is 0 Å².